The van der Waals surface area contributed by atoms with E-state index in [4.69, 9.17) is 11.6 Å². The first-order valence-corrected chi connectivity index (χ1v) is 14.2. The van der Waals surface area contributed by atoms with E-state index in [1.54, 1.807) is 11.0 Å². The number of aromatic nitrogens is 2. The number of halogens is 1. The van der Waals surface area contributed by atoms with E-state index in [0.29, 0.717) is 17.1 Å². The van der Waals surface area contributed by atoms with Crippen LogP contribution < -0.4 is 9.80 Å². The van der Waals surface area contributed by atoms with Crippen LogP contribution in [0, 0.1) is 0 Å². The highest BCUT2D eigenvalue weighted by atomic mass is 35.5. The molecule has 40 heavy (non-hydrogen) atoms. The van der Waals surface area contributed by atoms with Gasteiger partial charge in [-0.1, -0.05) is 29.8 Å². The van der Waals surface area contributed by atoms with Crippen LogP contribution in [0.25, 0.3) is 10.9 Å². The maximum Gasteiger partial charge on any atom is 0.260 e. The molecule has 0 spiro atoms. The van der Waals surface area contributed by atoms with Crippen LogP contribution in [0.2, 0.25) is 5.02 Å². The predicted octanol–water partition coefficient (Wildman–Crippen LogP) is 4.52. The molecule has 4 heterocycles. The molecule has 2 amide bonds. The van der Waals surface area contributed by atoms with E-state index in [0.717, 1.165) is 67.8 Å². The summed E-state index contributed by atoms with van der Waals surface area (Å²) < 4.78 is 1.97. The number of amides is 2. The summed E-state index contributed by atoms with van der Waals surface area (Å²) in [7, 11) is 1.88. The molecule has 2 aliphatic heterocycles. The van der Waals surface area contributed by atoms with E-state index in [1.165, 1.54) is 5.69 Å². The SMILES string of the molecule is CN(CCCN1CCN(c2ccncc2)CC1)C(=O)Cn1ccc2ccc(N3Cc4cccc(Cl)c4C3=O)cc21. The third kappa shape index (κ3) is 5.29. The molecular weight excluding hydrogens is 524 g/mol. The van der Waals surface area contributed by atoms with Gasteiger partial charge < -0.3 is 19.3 Å². The number of benzene rings is 2. The lowest BCUT2D eigenvalue weighted by molar-refractivity contribution is -0.130. The Balaban J connectivity index is 1.03. The minimum Gasteiger partial charge on any atom is -0.369 e. The average molecular weight is 557 g/mol. The van der Waals surface area contributed by atoms with Crippen molar-refractivity contribution in [3.05, 3.63) is 89.3 Å². The predicted molar refractivity (Wildman–Crippen MR) is 159 cm³/mol. The zero-order valence-electron chi connectivity index (χ0n) is 22.7. The molecule has 2 aromatic carbocycles. The lowest BCUT2D eigenvalue weighted by Gasteiger charge is -2.36. The fourth-order valence-corrected chi connectivity index (χ4v) is 5.99. The quantitative estimate of drug-likeness (QED) is 0.319. The molecule has 6 rings (SSSR count). The van der Waals surface area contributed by atoms with Gasteiger partial charge in [0.2, 0.25) is 5.91 Å². The Morgan fingerprint density at radius 1 is 1.00 bits per heavy atom. The molecule has 0 atom stereocenters. The standard InChI is InChI=1S/C31H33ClN6O2/c1-34(13-3-14-35-16-18-36(19-17-35)25-8-11-33-12-9-25)29(39)22-37-15-10-23-6-7-26(20-28(23)37)38-21-24-4-2-5-27(32)30(24)31(38)40/h2,4-12,15,20H,3,13-14,16-19,21-22H2,1H3. The maximum atomic E-state index is 13.1. The molecule has 0 unspecified atom stereocenters. The number of carbonyl (C=O) groups excluding carboxylic acids is 2. The Morgan fingerprint density at radius 2 is 1.80 bits per heavy atom. The summed E-state index contributed by atoms with van der Waals surface area (Å²) in [5.41, 5.74) is 4.47. The average Bonchev–Trinajstić information content (AvgIpc) is 3.54. The van der Waals surface area contributed by atoms with E-state index in [1.807, 2.05) is 71.5 Å². The minimum atomic E-state index is -0.0901. The van der Waals surface area contributed by atoms with Crippen molar-refractivity contribution < 1.29 is 9.59 Å². The van der Waals surface area contributed by atoms with E-state index < -0.39 is 0 Å². The highest BCUT2D eigenvalue weighted by Gasteiger charge is 2.30. The van der Waals surface area contributed by atoms with Gasteiger partial charge in [-0.05, 0) is 60.3 Å². The summed E-state index contributed by atoms with van der Waals surface area (Å²) in [6.45, 7) is 6.49. The van der Waals surface area contributed by atoms with Crippen molar-refractivity contribution in [1.29, 1.82) is 0 Å². The molecule has 2 aromatic heterocycles. The van der Waals surface area contributed by atoms with Crippen molar-refractivity contribution in [2.75, 3.05) is 56.1 Å². The maximum absolute atomic E-state index is 13.1. The van der Waals surface area contributed by atoms with Crippen LogP contribution >= 0.6 is 11.6 Å². The van der Waals surface area contributed by atoms with Gasteiger partial charge in [0.05, 0.1) is 22.6 Å². The lowest BCUT2D eigenvalue weighted by Crippen LogP contribution is -2.47. The van der Waals surface area contributed by atoms with Gasteiger partial charge in [-0.2, -0.15) is 0 Å². The fourth-order valence-electron chi connectivity index (χ4n) is 5.71. The fraction of sp³-hybridized carbons (Fsp3) is 0.323. The summed E-state index contributed by atoms with van der Waals surface area (Å²) in [6, 6.07) is 17.6. The monoisotopic (exact) mass is 556 g/mol. The molecule has 9 heteroatoms. The highest BCUT2D eigenvalue weighted by molar-refractivity contribution is 6.35. The number of pyridine rings is 1. The number of hydrogen-bond acceptors (Lipinski definition) is 5. The first-order valence-electron chi connectivity index (χ1n) is 13.8. The van der Waals surface area contributed by atoms with Gasteiger partial charge in [-0.25, -0.2) is 0 Å². The van der Waals surface area contributed by atoms with Crippen LogP contribution in [0.5, 0.6) is 0 Å². The molecule has 0 bridgehead atoms. The van der Waals surface area contributed by atoms with Crippen LogP contribution in [0.4, 0.5) is 11.4 Å². The number of likely N-dealkylation sites (N-methyl/N-ethyl adjacent to an activating group) is 1. The summed E-state index contributed by atoms with van der Waals surface area (Å²) >= 11 is 6.32. The zero-order valence-corrected chi connectivity index (χ0v) is 23.4. The van der Waals surface area contributed by atoms with Crippen LogP contribution in [0.3, 0.4) is 0 Å². The van der Waals surface area contributed by atoms with E-state index in [9.17, 15) is 9.59 Å². The van der Waals surface area contributed by atoms with Gasteiger partial charge in [0, 0.05) is 69.7 Å². The summed E-state index contributed by atoms with van der Waals surface area (Å²) in [6.07, 6.45) is 6.57. The van der Waals surface area contributed by atoms with Gasteiger partial charge in [0.1, 0.15) is 6.54 Å². The molecule has 0 radical (unpaired) electrons. The van der Waals surface area contributed by atoms with Crippen molar-refractivity contribution >= 4 is 45.7 Å². The molecule has 4 aromatic rings. The molecule has 0 N–H and O–H groups in total. The smallest absolute Gasteiger partial charge is 0.260 e. The Bertz CT molecular complexity index is 1530. The van der Waals surface area contributed by atoms with E-state index in [-0.39, 0.29) is 18.4 Å². The number of rotatable bonds is 8. The van der Waals surface area contributed by atoms with Gasteiger partial charge in [0.25, 0.3) is 5.91 Å². The molecular formula is C31H33ClN6O2. The van der Waals surface area contributed by atoms with Crippen LogP contribution in [-0.2, 0) is 17.9 Å². The number of carbonyl (C=O) groups is 2. The molecule has 1 fully saturated rings. The molecule has 0 saturated carbocycles. The highest BCUT2D eigenvalue weighted by Crippen LogP contribution is 2.34. The minimum absolute atomic E-state index is 0.0712. The summed E-state index contributed by atoms with van der Waals surface area (Å²) in [5, 5.41) is 1.52. The normalized spacial score (nSPS) is 15.6. The number of fused-ring (bicyclic) bond motifs is 2. The Kier molecular flexibility index (Phi) is 7.45. The topological polar surface area (TPSA) is 64.9 Å². The summed E-state index contributed by atoms with van der Waals surface area (Å²) in [4.78, 5) is 38.8. The van der Waals surface area contributed by atoms with Crippen LogP contribution in [-0.4, -0.2) is 77.5 Å². The van der Waals surface area contributed by atoms with Crippen LogP contribution in [0.1, 0.15) is 22.3 Å². The van der Waals surface area contributed by atoms with Gasteiger partial charge >= 0.3 is 0 Å². The third-order valence-corrected chi connectivity index (χ3v) is 8.37. The Hall–Kier alpha value is -3.88. The van der Waals surface area contributed by atoms with Crippen molar-refractivity contribution in [1.82, 2.24) is 19.4 Å². The second-order valence-corrected chi connectivity index (χ2v) is 11.0. The van der Waals surface area contributed by atoms with Crippen LogP contribution in [0.15, 0.2) is 73.2 Å². The van der Waals surface area contributed by atoms with Crippen molar-refractivity contribution in [3.63, 3.8) is 0 Å². The number of nitrogens with zero attached hydrogens (tertiary/aromatic N) is 6. The van der Waals surface area contributed by atoms with Crippen molar-refractivity contribution in [2.24, 2.45) is 0 Å². The first-order chi connectivity index (χ1) is 19.5. The molecule has 0 aliphatic carbocycles. The second kappa shape index (κ2) is 11.3. The van der Waals surface area contributed by atoms with Gasteiger partial charge in [0.15, 0.2) is 0 Å². The Labute approximate surface area is 239 Å². The first kappa shape index (κ1) is 26.3. The summed E-state index contributed by atoms with van der Waals surface area (Å²) in [5.74, 6) is -0.0190. The zero-order chi connectivity index (χ0) is 27.6. The largest absolute Gasteiger partial charge is 0.369 e. The number of hydrogen-bond donors (Lipinski definition) is 0. The Morgan fingerprint density at radius 3 is 2.58 bits per heavy atom. The van der Waals surface area contributed by atoms with Gasteiger partial charge in [-0.3, -0.25) is 19.5 Å². The molecule has 1 saturated heterocycles. The second-order valence-electron chi connectivity index (χ2n) is 10.6. The molecule has 8 nitrogen and oxygen atoms in total. The van der Waals surface area contributed by atoms with E-state index in [2.05, 4.69) is 26.9 Å². The number of piperazine rings is 1. The van der Waals surface area contributed by atoms with Gasteiger partial charge in [-0.15, -0.1) is 0 Å². The van der Waals surface area contributed by atoms with Crippen molar-refractivity contribution in [2.45, 2.75) is 19.5 Å². The van der Waals surface area contributed by atoms with E-state index >= 15 is 0 Å². The van der Waals surface area contributed by atoms with Crippen molar-refractivity contribution in [3.8, 4) is 0 Å². The third-order valence-electron chi connectivity index (χ3n) is 8.06. The molecule has 206 valence electrons. The number of anilines is 2. The molecule has 2 aliphatic rings. The lowest BCUT2D eigenvalue weighted by atomic mass is 10.1.